The van der Waals surface area contributed by atoms with E-state index in [0.29, 0.717) is 23.2 Å². The van der Waals surface area contributed by atoms with E-state index in [1.807, 2.05) is 30.3 Å². The van der Waals surface area contributed by atoms with Gasteiger partial charge in [-0.25, -0.2) is 4.39 Å². The van der Waals surface area contributed by atoms with Crippen LogP contribution in [0.25, 0.3) is 11.3 Å². The molecule has 2 heterocycles. The standard InChI is InChI=1S/C24H22FN3O4/c1-31-22(14-5-3-2-4-6-14)24(30)28-13-18-10-17-9-16(11-19(25)21(17)32-18)20-8-7-15(12-27-20)23(26)29/h2-9,11-12,18,22H,10,13H2,1H3,(H2,26,29)(H,28,30). The second kappa shape index (κ2) is 9.15. The Bertz CT molecular complexity index is 1140. The van der Waals surface area contributed by atoms with Crippen LogP contribution in [0.3, 0.4) is 0 Å². The molecule has 7 nitrogen and oxygen atoms in total. The molecule has 32 heavy (non-hydrogen) atoms. The van der Waals surface area contributed by atoms with Gasteiger partial charge in [0, 0.05) is 30.9 Å². The molecule has 4 rings (SSSR count). The molecule has 164 valence electrons. The molecule has 0 fully saturated rings. The van der Waals surface area contributed by atoms with E-state index < -0.39 is 23.9 Å². The maximum Gasteiger partial charge on any atom is 0.253 e. The highest BCUT2D eigenvalue weighted by atomic mass is 19.1. The summed E-state index contributed by atoms with van der Waals surface area (Å²) >= 11 is 0. The van der Waals surface area contributed by atoms with Gasteiger partial charge in [0.25, 0.3) is 5.91 Å². The number of nitrogens with two attached hydrogens (primary N) is 1. The Kier molecular flexibility index (Phi) is 6.13. The van der Waals surface area contributed by atoms with Gasteiger partial charge in [0.1, 0.15) is 6.10 Å². The van der Waals surface area contributed by atoms with E-state index in [0.717, 1.165) is 5.56 Å². The van der Waals surface area contributed by atoms with E-state index in [-0.39, 0.29) is 23.8 Å². The van der Waals surface area contributed by atoms with E-state index in [1.165, 1.54) is 19.4 Å². The quantitative estimate of drug-likeness (QED) is 0.594. The first kappa shape index (κ1) is 21.5. The van der Waals surface area contributed by atoms with Crippen molar-refractivity contribution < 1.29 is 23.5 Å². The third-order valence-corrected chi connectivity index (χ3v) is 5.28. The Balaban J connectivity index is 1.43. The van der Waals surface area contributed by atoms with Gasteiger partial charge >= 0.3 is 0 Å². The minimum absolute atomic E-state index is 0.174. The zero-order chi connectivity index (χ0) is 22.7. The first-order valence-electron chi connectivity index (χ1n) is 10.1. The molecule has 2 atom stereocenters. The predicted molar refractivity (Wildman–Crippen MR) is 115 cm³/mol. The number of rotatable bonds is 7. The first-order valence-corrected chi connectivity index (χ1v) is 10.1. The molecule has 2 aromatic carbocycles. The summed E-state index contributed by atoms with van der Waals surface area (Å²) in [5.41, 5.74) is 8.02. The lowest BCUT2D eigenvalue weighted by Gasteiger charge is -2.17. The van der Waals surface area contributed by atoms with Crippen LogP contribution in [0.1, 0.15) is 27.6 Å². The Labute approximate surface area is 184 Å². The van der Waals surface area contributed by atoms with E-state index in [1.54, 1.807) is 18.2 Å². The fourth-order valence-corrected chi connectivity index (χ4v) is 3.69. The molecule has 1 aromatic heterocycles. The summed E-state index contributed by atoms with van der Waals surface area (Å²) in [5, 5.41) is 2.82. The second-order valence-corrected chi connectivity index (χ2v) is 7.46. The molecule has 2 unspecified atom stereocenters. The van der Waals surface area contributed by atoms with Gasteiger partial charge in [-0.3, -0.25) is 14.6 Å². The fraction of sp³-hybridized carbons (Fsp3) is 0.208. The van der Waals surface area contributed by atoms with Gasteiger partial charge in [0.15, 0.2) is 17.7 Å². The molecule has 3 N–H and O–H groups in total. The highest BCUT2D eigenvalue weighted by Crippen LogP contribution is 2.35. The molecule has 0 radical (unpaired) electrons. The van der Waals surface area contributed by atoms with Crippen molar-refractivity contribution >= 4 is 11.8 Å². The van der Waals surface area contributed by atoms with Crippen molar-refractivity contribution in [2.24, 2.45) is 5.73 Å². The summed E-state index contributed by atoms with van der Waals surface area (Å²) in [6, 6.07) is 15.5. The lowest BCUT2D eigenvalue weighted by Crippen LogP contribution is -2.37. The summed E-state index contributed by atoms with van der Waals surface area (Å²) < 4.78 is 25.8. The summed E-state index contributed by atoms with van der Waals surface area (Å²) in [6.45, 7) is 0.209. The molecule has 0 spiro atoms. The number of nitrogens with zero attached hydrogens (tertiary/aromatic N) is 1. The maximum absolute atomic E-state index is 14.7. The third kappa shape index (κ3) is 4.45. The molecule has 0 saturated heterocycles. The van der Waals surface area contributed by atoms with Gasteiger partial charge in [-0.2, -0.15) is 0 Å². The largest absolute Gasteiger partial charge is 0.485 e. The van der Waals surface area contributed by atoms with Gasteiger partial charge in [-0.05, 0) is 29.8 Å². The van der Waals surface area contributed by atoms with Crippen molar-refractivity contribution in [3.63, 3.8) is 0 Å². The van der Waals surface area contributed by atoms with Crippen LogP contribution in [-0.4, -0.2) is 36.6 Å². The van der Waals surface area contributed by atoms with Crippen molar-refractivity contribution in [3.05, 3.63) is 83.3 Å². The smallest absolute Gasteiger partial charge is 0.253 e. The number of halogens is 1. The number of hydrogen-bond donors (Lipinski definition) is 2. The van der Waals surface area contributed by atoms with E-state index in [2.05, 4.69) is 10.3 Å². The van der Waals surface area contributed by atoms with Crippen LogP contribution >= 0.6 is 0 Å². The Morgan fingerprint density at radius 1 is 1.25 bits per heavy atom. The van der Waals surface area contributed by atoms with Crippen molar-refractivity contribution in [2.75, 3.05) is 13.7 Å². The summed E-state index contributed by atoms with van der Waals surface area (Å²) in [6.07, 6.45) is 0.647. The molecule has 1 aliphatic rings. The number of amides is 2. The minimum Gasteiger partial charge on any atom is -0.485 e. The van der Waals surface area contributed by atoms with E-state index >= 15 is 0 Å². The molecule has 1 aliphatic heterocycles. The van der Waals surface area contributed by atoms with Crippen molar-refractivity contribution in [3.8, 4) is 17.0 Å². The van der Waals surface area contributed by atoms with Crippen molar-refractivity contribution in [1.29, 1.82) is 0 Å². The number of nitrogens with one attached hydrogen (secondary N) is 1. The monoisotopic (exact) mass is 435 g/mol. The van der Waals surface area contributed by atoms with Crippen LogP contribution < -0.4 is 15.8 Å². The molecule has 0 aliphatic carbocycles. The van der Waals surface area contributed by atoms with Crippen LogP contribution in [-0.2, 0) is 16.0 Å². The number of carbonyl (C=O) groups is 2. The molecule has 0 bridgehead atoms. The first-order chi connectivity index (χ1) is 15.5. The average Bonchev–Trinajstić information content (AvgIpc) is 3.23. The lowest BCUT2D eigenvalue weighted by atomic mass is 10.0. The van der Waals surface area contributed by atoms with E-state index in [9.17, 15) is 14.0 Å². The number of ether oxygens (including phenoxy) is 2. The number of fused-ring (bicyclic) bond motifs is 1. The lowest BCUT2D eigenvalue weighted by molar-refractivity contribution is -0.131. The number of aromatic nitrogens is 1. The predicted octanol–water partition coefficient (Wildman–Crippen LogP) is 2.79. The normalized spacial score (nSPS) is 15.5. The molecule has 2 amide bonds. The number of pyridine rings is 1. The van der Waals surface area contributed by atoms with Gasteiger partial charge in [-0.15, -0.1) is 0 Å². The second-order valence-electron chi connectivity index (χ2n) is 7.46. The fourth-order valence-electron chi connectivity index (χ4n) is 3.69. The van der Waals surface area contributed by atoms with E-state index in [4.69, 9.17) is 15.2 Å². The van der Waals surface area contributed by atoms with Crippen LogP contribution in [0.5, 0.6) is 5.75 Å². The van der Waals surface area contributed by atoms with Gasteiger partial charge < -0.3 is 20.5 Å². The summed E-state index contributed by atoms with van der Waals surface area (Å²) in [5.74, 6) is -1.21. The Morgan fingerprint density at radius 2 is 2.03 bits per heavy atom. The molecule has 0 saturated carbocycles. The summed E-state index contributed by atoms with van der Waals surface area (Å²) in [7, 11) is 1.47. The van der Waals surface area contributed by atoms with Gasteiger partial charge in [0.05, 0.1) is 17.8 Å². The number of benzene rings is 2. The third-order valence-electron chi connectivity index (χ3n) is 5.28. The number of hydrogen-bond acceptors (Lipinski definition) is 5. The highest BCUT2D eigenvalue weighted by Gasteiger charge is 2.28. The minimum atomic E-state index is -0.738. The molecule has 8 heteroatoms. The molecule has 3 aromatic rings. The highest BCUT2D eigenvalue weighted by molar-refractivity contribution is 5.92. The topological polar surface area (TPSA) is 104 Å². The van der Waals surface area contributed by atoms with Crippen LogP contribution in [0.15, 0.2) is 60.8 Å². The zero-order valence-corrected chi connectivity index (χ0v) is 17.4. The molecular weight excluding hydrogens is 413 g/mol. The number of methoxy groups -OCH3 is 1. The maximum atomic E-state index is 14.7. The number of primary amides is 1. The number of carbonyl (C=O) groups excluding carboxylic acids is 2. The van der Waals surface area contributed by atoms with Gasteiger partial charge in [-0.1, -0.05) is 30.3 Å². The van der Waals surface area contributed by atoms with Crippen LogP contribution in [0.4, 0.5) is 4.39 Å². The zero-order valence-electron chi connectivity index (χ0n) is 17.4. The molecular formula is C24H22FN3O4. The van der Waals surface area contributed by atoms with Crippen LogP contribution in [0, 0.1) is 5.82 Å². The van der Waals surface area contributed by atoms with Crippen molar-refractivity contribution in [2.45, 2.75) is 18.6 Å². The Hall–Kier alpha value is -3.78. The van der Waals surface area contributed by atoms with Crippen LogP contribution in [0.2, 0.25) is 0 Å². The van der Waals surface area contributed by atoms with Gasteiger partial charge in [0.2, 0.25) is 5.91 Å². The Morgan fingerprint density at radius 3 is 2.69 bits per heavy atom. The SMILES string of the molecule is COC(C(=O)NCC1Cc2cc(-c3ccc(C(N)=O)cn3)cc(F)c2O1)c1ccccc1. The average molecular weight is 435 g/mol. The van der Waals surface area contributed by atoms with Crippen molar-refractivity contribution in [1.82, 2.24) is 10.3 Å². The summed E-state index contributed by atoms with van der Waals surface area (Å²) in [4.78, 5) is 28.0.